The zero-order valence-electron chi connectivity index (χ0n) is 6.87. The first-order chi connectivity index (χ1) is 6.20. The second-order valence-electron chi connectivity index (χ2n) is 2.48. The Morgan fingerprint density at radius 3 is 2.77 bits per heavy atom. The van der Waals surface area contributed by atoms with Gasteiger partial charge in [-0.25, -0.2) is 9.18 Å². The number of hydrogen-bond acceptors (Lipinski definition) is 2. The predicted octanol–water partition coefficient (Wildman–Crippen LogP) is 1.43. The molecule has 0 bridgehead atoms. The lowest BCUT2D eigenvalue weighted by Crippen LogP contribution is -2.07. The van der Waals surface area contributed by atoms with E-state index in [-0.39, 0.29) is 12.4 Å². The molecule has 0 fully saturated rings. The molecular formula is C9H9FO3. The van der Waals surface area contributed by atoms with Crippen LogP contribution in [0, 0.1) is 5.82 Å². The van der Waals surface area contributed by atoms with E-state index in [1.807, 2.05) is 0 Å². The molecule has 0 aliphatic rings. The Labute approximate surface area is 74.8 Å². The summed E-state index contributed by atoms with van der Waals surface area (Å²) in [7, 11) is 0. The number of carboxylic acids is 1. The number of ether oxygens (including phenoxy) is 1. The fraction of sp³-hybridized carbons (Fsp3) is 0.222. The van der Waals surface area contributed by atoms with Gasteiger partial charge in [-0.2, -0.15) is 0 Å². The van der Waals surface area contributed by atoms with Crippen molar-refractivity contribution in [3.05, 3.63) is 35.6 Å². The normalized spacial score (nSPS) is 9.92. The first-order valence-electron chi connectivity index (χ1n) is 3.73. The van der Waals surface area contributed by atoms with Crippen molar-refractivity contribution < 1.29 is 19.0 Å². The van der Waals surface area contributed by atoms with E-state index in [1.165, 1.54) is 6.07 Å². The van der Waals surface area contributed by atoms with Crippen LogP contribution in [-0.2, 0) is 16.1 Å². The van der Waals surface area contributed by atoms with Gasteiger partial charge in [0.25, 0.3) is 0 Å². The van der Waals surface area contributed by atoms with E-state index in [2.05, 4.69) is 0 Å². The highest BCUT2D eigenvalue weighted by Crippen LogP contribution is 2.06. The molecule has 0 atom stereocenters. The maximum Gasteiger partial charge on any atom is 0.329 e. The lowest BCUT2D eigenvalue weighted by Gasteiger charge is -2.01. The van der Waals surface area contributed by atoms with Crippen LogP contribution in [0.25, 0.3) is 0 Å². The molecule has 0 unspecified atom stereocenters. The van der Waals surface area contributed by atoms with Crippen LogP contribution in [0.3, 0.4) is 0 Å². The number of aliphatic carboxylic acids is 1. The van der Waals surface area contributed by atoms with Crippen LogP contribution in [0.4, 0.5) is 4.39 Å². The molecule has 0 radical (unpaired) electrons. The van der Waals surface area contributed by atoms with Crippen LogP contribution in [0.5, 0.6) is 0 Å². The monoisotopic (exact) mass is 184 g/mol. The maximum atomic E-state index is 12.9. The molecule has 0 saturated heterocycles. The molecule has 4 heteroatoms. The van der Waals surface area contributed by atoms with Gasteiger partial charge in [-0.15, -0.1) is 0 Å². The highest BCUT2D eigenvalue weighted by Gasteiger charge is 2.01. The smallest absolute Gasteiger partial charge is 0.329 e. The van der Waals surface area contributed by atoms with Gasteiger partial charge in [0.15, 0.2) is 0 Å². The van der Waals surface area contributed by atoms with E-state index in [4.69, 9.17) is 9.84 Å². The fourth-order valence-corrected chi connectivity index (χ4v) is 0.864. The average Bonchev–Trinajstić information content (AvgIpc) is 2.08. The van der Waals surface area contributed by atoms with Crippen molar-refractivity contribution in [3.8, 4) is 0 Å². The zero-order valence-corrected chi connectivity index (χ0v) is 6.87. The van der Waals surface area contributed by atoms with Crippen molar-refractivity contribution >= 4 is 5.97 Å². The van der Waals surface area contributed by atoms with Crippen LogP contribution in [-0.4, -0.2) is 17.7 Å². The maximum absolute atomic E-state index is 12.9. The summed E-state index contributed by atoms with van der Waals surface area (Å²) in [6, 6.07) is 6.09. The average molecular weight is 184 g/mol. The van der Waals surface area contributed by atoms with E-state index >= 15 is 0 Å². The lowest BCUT2D eigenvalue weighted by molar-refractivity contribution is -0.142. The molecule has 0 aromatic heterocycles. The van der Waals surface area contributed by atoms with Crippen LogP contribution in [0.2, 0.25) is 0 Å². The molecule has 1 aromatic carbocycles. The summed E-state index contributed by atoms with van der Waals surface area (Å²) in [5.74, 6) is -1.44. The quantitative estimate of drug-likeness (QED) is 0.769. The number of carboxylic acid groups (broad SMARTS) is 1. The Hall–Kier alpha value is -1.42. The number of hydrogen-bond donors (Lipinski definition) is 1. The Balaban J connectivity index is 2.45. The van der Waals surface area contributed by atoms with Gasteiger partial charge in [0, 0.05) is 5.56 Å². The molecule has 13 heavy (non-hydrogen) atoms. The van der Waals surface area contributed by atoms with Gasteiger partial charge in [-0.1, -0.05) is 18.2 Å². The standard InChI is InChI=1S/C9H9FO3/c10-8-4-2-1-3-7(8)5-13-6-9(11)12/h1-4H,5-6H2,(H,11,12). The molecule has 0 amide bonds. The zero-order chi connectivity index (χ0) is 9.68. The van der Waals surface area contributed by atoms with Crippen LogP contribution >= 0.6 is 0 Å². The first kappa shape index (κ1) is 9.67. The van der Waals surface area contributed by atoms with Gasteiger partial charge in [0.1, 0.15) is 12.4 Å². The van der Waals surface area contributed by atoms with E-state index in [0.717, 1.165) is 0 Å². The van der Waals surface area contributed by atoms with E-state index in [1.54, 1.807) is 18.2 Å². The van der Waals surface area contributed by atoms with Gasteiger partial charge >= 0.3 is 5.97 Å². The molecule has 0 aliphatic heterocycles. The highest BCUT2D eigenvalue weighted by atomic mass is 19.1. The highest BCUT2D eigenvalue weighted by molar-refractivity contribution is 5.67. The summed E-state index contributed by atoms with van der Waals surface area (Å²) in [4.78, 5) is 10.1. The van der Waals surface area contributed by atoms with Crippen molar-refractivity contribution in [1.82, 2.24) is 0 Å². The molecule has 0 aliphatic carbocycles. The Morgan fingerprint density at radius 2 is 2.15 bits per heavy atom. The van der Waals surface area contributed by atoms with Gasteiger partial charge in [-0.3, -0.25) is 0 Å². The van der Waals surface area contributed by atoms with E-state index in [0.29, 0.717) is 5.56 Å². The Kier molecular flexibility index (Phi) is 3.40. The lowest BCUT2D eigenvalue weighted by atomic mass is 10.2. The molecule has 0 heterocycles. The minimum atomic E-state index is -1.06. The number of rotatable bonds is 4. The van der Waals surface area contributed by atoms with Gasteiger partial charge in [-0.05, 0) is 6.07 Å². The van der Waals surface area contributed by atoms with Gasteiger partial charge in [0.05, 0.1) is 6.61 Å². The summed E-state index contributed by atoms with van der Waals surface area (Å²) in [5.41, 5.74) is 0.365. The van der Waals surface area contributed by atoms with Crippen LogP contribution in [0.15, 0.2) is 24.3 Å². The summed E-state index contributed by atoms with van der Waals surface area (Å²) < 4.78 is 17.6. The largest absolute Gasteiger partial charge is 0.480 e. The van der Waals surface area contributed by atoms with Crippen molar-refractivity contribution in [2.24, 2.45) is 0 Å². The number of carbonyl (C=O) groups is 1. The Morgan fingerprint density at radius 1 is 1.46 bits per heavy atom. The Bertz CT molecular complexity index is 299. The third kappa shape index (κ3) is 3.21. The van der Waals surface area contributed by atoms with Crippen LogP contribution < -0.4 is 0 Å². The predicted molar refractivity (Wildman–Crippen MR) is 43.7 cm³/mol. The van der Waals surface area contributed by atoms with Crippen molar-refractivity contribution in [3.63, 3.8) is 0 Å². The molecule has 3 nitrogen and oxygen atoms in total. The summed E-state index contributed by atoms with van der Waals surface area (Å²) in [6.07, 6.45) is 0. The fourth-order valence-electron chi connectivity index (χ4n) is 0.864. The molecule has 1 aromatic rings. The minimum Gasteiger partial charge on any atom is -0.480 e. The summed E-state index contributed by atoms with van der Waals surface area (Å²) in [5, 5.41) is 8.24. The third-order valence-electron chi connectivity index (χ3n) is 1.44. The number of benzene rings is 1. The van der Waals surface area contributed by atoms with Gasteiger partial charge in [0.2, 0.25) is 0 Å². The topological polar surface area (TPSA) is 46.5 Å². The number of halogens is 1. The van der Waals surface area contributed by atoms with E-state index < -0.39 is 12.6 Å². The molecule has 70 valence electrons. The molecule has 0 saturated carbocycles. The van der Waals surface area contributed by atoms with Crippen molar-refractivity contribution in [1.29, 1.82) is 0 Å². The molecule has 1 rings (SSSR count). The summed E-state index contributed by atoms with van der Waals surface area (Å²) in [6.45, 7) is -0.423. The second-order valence-corrected chi connectivity index (χ2v) is 2.48. The molecule has 1 N–H and O–H groups in total. The van der Waals surface area contributed by atoms with Crippen molar-refractivity contribution in [2.45, 2.75) is 6.61 Å². The molecular weight excluding hydrogens is 175 g/mol. The third-order valence-corrected chi connectivity index (χ3v) is 1.44. The summed E-state index contributed by atoms with van der Waals surface area (Å²) >= 11 is 0. The van der Waals surface area contributed by atoms with Crippen molar-refractivity contribution in [2.75, 3.05) is 6.61 Å². The van der Waals surface area contributed by atoms with Crippen LogP contribution in [0.1, 0.15) is 5.56 Å². The molecule has 0 spiro atoms. The first-order valence-corrected chi connectivity index (χ1v) is 3.73. The van der Waals surface area contributed by atoms with Gasteiger partial charge < -0.3 is 9.84 Å². The second kappa shape index (κ2) is 4.57. The minimum absolute atomic E-state index is 0.0149. The van der Waals surface area contributed by atoms with E-state index in [9.17, 15) is 9.18 Å². The SMILES string of the molecule is O=C(O)COCc1ccccc1F.